The number of benzene rings is 2. The van der Waals surface area contributed by atoms with Crippen LogP contribution < -0.4 is 4.31 Å². The maximum Gasteiger partial charge on any atom is 0.264 e. The smallest absolute Gasteiger partial charge is 0.264 e. The molecule has 0 radical (unpaired) electrons. The van der Waals surface area contributed by atoms with Gasteiger partial charge in [0.15, 0.2) is 0 Å². The predicted molar refractivity (Wildman–Crippen MR) is 128 cm³/mol. The van der Waals surface area contributed by atoms with Crippen LogP contribution in [-0.2, 0) is 23.0 Å². The highest BCUT2D eigenvalue weighted by Crippen LogP contribution is 2.27. The molecule has 2 aromatic carbocycles. The van der Waals surface area contributed by atoms with Gasteiger partial charge in [-0.3, -0.25) is 14.0 Å². The number of aromatic nitrogens is 3. The molecule has 2 aromatic heterocycles. The molecule has 6 nitrogen and oxygen atoms in total. The van der Waals surface area contributed by atoms with Gasteiger partial charge in [0.25, 0.3) is 10.0 Å². The van der Waals surface area contributed by atoms with Crippen molar-refractivity contribution in [2.45, 2.75) is 38.6 Å². The highest BCUT2D eigenvalue weighted by Gasteiger charge is 2.26. The second-order valence-corrected chi connectivity index (χ2v) is 10.2. The third-order valence-corrected chi connectivity index (χ3v) is 7.16. The maximum absolute atomic E-state index is 13.7. The van der Waals surface area contributed by atoms with E-state index in [1.54, 1.807) is 30.6 Å². The van der Waals surface area contributed by atoms with Crippen molar-refractivity contribution in [2.75, 3.05) is 10.8 Å². The Morgan fingerprint density at radius 3 is 2.34 bits per heavy atom. The van der Waals surface area contributed by atoms with E-state index in [0.717, 1.165) is 22.9 Å². The predicted octanol–water partition coefficient (Wildman–Crippen LogP) is 4.89. The van der Waals surface area contributed by atoms with E-state index < -0.39 is 10.0 Å². The first-order valence-electron chi connectivity index (χ1n) is 10.8. The van der Waals surface area contributed by atoms with Crippen LogP contribution >= 0.6 is 0 Å². The molecule has 0 N–H and O–H groups in total. The summed E-state index contributed by atoms with van der Waals surface area (Å²) in [5.41, 5.74) is 3.71. The Hall–Kier alpha value is -3.19. The molecule has 0 atom stereocenters. The lowest BCUT2D eigenvalue weighted by Crippen LogP contribution is -2.34. The monoisotopic (exact) mass is 448 g/mol. The first kappa shape index (κ1) is 22.0. The lowest BCUT2D eigenvalue weighted by molar-refractivity contribution is 0.578. The zero-order valence-electron chi connectivity index (χ0n) is 18.6. The van der Waals surface area contributed by atoms with Crippen molar-refractivity contribution in [3.8, 4) is 0 Å². The van der Waals surface area contributed by atoms with E-state index in [2.05, 4.69) is 17.0 Å². The van der Waals surface area contributed by atoms with E-state index in [4.69, 9.17) is 0 Å². The summed E-state index contributed by atoms with van der Waals surface area (Å²) in [6, 6.07) is 16.8. The van der Waals surface area contributed by atoms with Gasteiger partial charge in [0.1, 0.15) is 0 Å². The Labute approximate surface area is 189 Å². The molecule has 0 amide bonds. The van der Waals surface area contributed by atoms with Crippen LogP contribution in [0.5, 0.6) is 0 Å². The summed E-state index contributed by atoms with van der Waals surface area (Å²) in [6.07, 6.45) is 6.30. The third kappa shape index (κ3) is 4.67. The van der Waals surface area contributed by atoms with Gasteiger partial charge in [-0.2, -0.15) is 5.10 Å². The van der Waals surface area contributed by atoms with Gasteiger partial charge in [0.05, 0.1) is 22.6 Å². The van der Waals surface area contributed by atoms with Gasteiger partial charge in [-0.15, -0.1) is 0 Å². The Bertz CT molecular complexity index is 1300. The zero-order valence-corrected chi connectivity index (χ0v) is 19.5. The number of sulfonamides is 1. The average molecular weight is 449 g/mol. The molecular weight excluding hydrogens is 420 g/mol. The van der Waals surface area contributed by atoms with E-state index in [1.807, 2.05) is 61.1 Å². The van der Waals surface area contributed by atoms with Crippen LogP contribution in [0.15, 0.2) is 78.1 Å². The Morgan fingerprint density at radius 1 is 0.969 bits per heavy atom. The summed E-state index contributed by atoms with van der Waals surface area (Å²) in [4.78, 5) is 4.31. The SMILES string of the molecule is CCc1ccc(N(CC(C)C)S(=O)(=O)c2ccc3nn(Cc4ccncc4)cc3c2)cc1. The summed E-state index contributed by atoms with van der Waals surface area (Å²) < 4.78 is 30.7. The normalized spacial score (nSPS) is 11.9. The van der Waals surface area contributed by atoms with E-state index in [0.29, 0.717) is 18.8 Å². The molecule has 0 aliphatic carbocycles. The fraction of sp³-hybridized carbons (Fsp3) is 0.280. The Kier molecular flexibility index (Phi) is 6.28. The van der Waals surface area contributed by atoms with Gasteiger partial charge < -0.3 is 0 Å². The van der Waals surface area contributed by atoms with Gasteiger partial charge in [-0.05, 0) is 65.9 Å². The van der Waals surface area contributed by atoms with E-state index in [-0.39, 0.29) is 10.8 Å². The van der Waals surface area contributed by atoms with Gasteiger partial charge in [0, 0.05) is 30.5 Å². The van der Waals surface area contributed by atoms with Gasteiger partial charge in [0.2, 0.25) is 0 Å². The van der Waals surface area contributed by atoms with Crippen molar-refractivity contribution in [3.63, 3.8) is 0 Å². The minimum absolute atomic E-state index is 0.183. The molecular formula is C25H28N4O2S. The lowest BCUT2D eigenvalue weighted by atomic mass is 10.1. The second kappa shape index (κ2) is 9.12. The summed E-state index contributed by atoms with van der Waals surface area (Å²) >= 11 is 0. The van der Waals surface area contributed by atoms with Crippen LogP contribution in [-0.4, -0.2) is 29.7 Å². The molecule has 0 spiro atoms. The number of hydrogen-bond acceptors (Lipinski definition) is 4. The van der Waals surface area contributed by atoms with E-state index in [1.165, 1.54) is 9.87 Å². The molecule has 0 fully saturated rings. The highest BCUT2D eigenvalue weighted by atomic mass is 32.2. The van der Waals surface area contributed by atoms with Crippen molar-refractivity contribution >= 4 is 26.6 Å². The number of rotatable bonds is 8. The fourth-order valence-corrected chi connectivity index (χ4v) is 5.33. The first-order valence-corrected chi connectivity index (χ1v) is 12.3. The minimum atomic E-state index is -3.72. The molecule has 166 valence electrons. The van der Waals surface area contributed by atoms with Crippen molar-refractivity contribution < 1.29 is 8.42 Å². The first-order chi connectivity index (χ1) is 15.4. The van der Waals surface area contributed by atoms with Crippen molar-refractivity contribution in [3.05, 3.63) is 84.3 Å². The maximum atomic E-state index is 13.7. The topological polar surface area (TPSA) is 68.1 Å². The average Bonchev–Trinajstić information content (AvgIpc) is 3.19. The summed E-state index contributed by atoms with van der Waals surface area (Å²) in [5.74, 6) is 0.183. The summed E-state index contributed by atoms with van der Waals surface area (Å²) in [5, 5.41) is 5.39. The number of fused-ring (bicyclic) bond motifs is 1. The van der Waals surface area contributed by atoms with Crippen molar-refractivity contribution in [1.82, 2.24) is 14.8 Å². The lowest BCUT2D eigenvalue weighted by Gasteiger charge is -2.26. The number of anilines is 1. The van der Waals surface area contributed by atoms with Gasteiger partial charge >= 0.3 is 0 Å². The molecule has 0 aliphatic heterocycles. The highest BCUT2D eigenvalue weighted by molar-refractivity contribution is 7.92. The molecule has 7 heteroatoms. The van der Waals surface area contributed by atoms with Crippen LogP contribution in [0.25, 0.3) is 10.9 Å². The number of pyridine rings is 1. The molecule has 4 rings (SSSR count). The summed E-state index contributed by atoms with van der Waals surface area (Å²) in [6.45, 7) is 7.14. The fourth-order valence-electron chi connectivity index (χ4n) is 3.67. The number of aryl methyl sites for hydroxylation is 1. The van der Waals surface area contributed by atoms with E-state index >= 15 is 0 Å². The largest absolute Gasteiger partial charge is 0.267 e. The molecule has 32 heavy (non-hydrogen) atoms. The molecule has 0 unspecified atom stereocenters. The molecule has 0 bridgehead atoms. The molecule has 0 saturated heterocycles. The van der Waals surface area contributed by atoms with E-state index in [9.17, 15) is 8.42 Å². The van der Waals surface area contributed by atoms with Crippen LogP contribution in [0.4, 0.5) is 5.69 Å². The van der Waals surface area contributed by atoms with Crippen LogP contribution in [0.1, 0.15) is 31.9 Å². The Balaban J connectivity index is 1.69. The van der Waals surface area contributed by atoms with Crippen molar-refractivity contribution in [1.29, 1.82) is 0 Å². The molecule has 4 aromatic rings. The van der Waals surface area contributed by atoms with Crippen LogP contribution in [0.2, 0.25) is 0 Å². The van der Waals surface area contributed by atoms with Crippen LogP contribution in [0.3, 0.4) is 0 Å². The standard InChI is InChI=1S/C25H28N4O2S/c1-4-20-5-7-23(8-6-20)29(16-19(2)3)32(30,31)24-9-10-25-22(15-24)18-28(27-25)17-21-11-13-26-14-12-21/h5-15,18-19H,4,16-17H2,1-3H3. The minimum Gasteiger partial charge on any atom is -0.267 e. The zero-order chi connectivity index (χ0) is 22.7. The number of hydrogen-bond donors (Lipinski definition) is 0. The van der Waals surface area contributed by atoms with Crippen molar-refractivity contribution in [2.24, 2.45) is 5.92 Å². The quantitative estimate of drug-likeness (QED) is 0.385. The Morgan fingerprint density at radius 2 is 1.69 bits per heavy atom. The third-order valence-electron chi connectivity index (χ3n) is 5.37. The molecule has 0 saturated carbocycles. The van der Waals surface area contributed by atoms with Crippen LogP contribution in [0, 0.1) is 5.92 Å². The van der Waals surface area contributed by atoms with Gasteiger partial charge in [-0.1, -0.05) is 32.9 Å². The molecule has 2 heterocycles. The second-order valence-electron chi connectivity index (χ2n) is 8.35. The summed E-state index contributed by atoms with van der Waals surface area (Å²) in [7, 11) is -3.72. The van der Waals surface area contributed by atoms with Gasteiger partial charge in [-0.25, -0.2) is 8.42 Å². The molecule has 0 aliphatic rings. The number of nitrogens with zero attached hydrogens (tertiary/aromatic N) is 4.